The lowest BCUT2D eigenvalue weighted by Crippen LogP contribution is -2.30. The Balaban J connectivity index is 4.40. The topological polar surface area (TPSA) is 78.9 Å². The molecule has 0 saturated heterocycles. The van der Waals surface area contributed by atoms with Gasteiger partial charge in [0, 0.05) is 19.3 Å². The Morgan fingerprint density at radius 1 is 0.308 bits per heavy atom. The van der Waals surface area contributed by atoms with E-state index in [-0.39, 0.29) is 31.1 Å². The van der Waals surface area contributed by atoms with Crippen LogP contribution >= 0.6 is 0 Å². The molecule has 0 saturated carbocycles. The minimum absolute atomic E-state index is 0.0899. The fourth-order valence-corrected chi connectivity index (χ4v) is 7.73. The highest BCUT2D eigenvalue weighted by molar-refractivity contribution is 5.71. The summed E-state index contributed by atoms with van der Waals surface area (Å²) in [5.74, 6) is -0.934. The van der Waals surface area contributed by atoms with Crippen molar-refractivity contribution in [2.45, 2.75) is 284 Å². The summed E-state index contributed by atoms with van der Waals surface area (Å²) in [4.78, 5) is 38.0. The number of hydrogen-bond acceptors (Lipinski definition) is 6. The molecule has 0 aromatic carbocycles. The number of carbonyl (C=O) groups is 3. The molecule has 6 nitrogen and oxygen atoms in total. The highest BCUT2D eigenvalue weighted by Crippen LogP contribution is 2.15. The Hall–Kier alpha value is -2.89. The fraction of sp³-hybridized carbons (Fsp3) is 0.780. The number of esters is 3. The molecule has 0 rings (SSSR count). The number of carbonyl (C=O) groups excluding carboxylic acids is 3. The lowest BCUT2D eigenvalue weighted by Gasteiger charge is -2.18. The van der Waals surface area contributed by atoms with Crippen LogP contribution in [0, 0.1) is 0 Å². The van der Waals surface area contributed by atoms with E-state index in [0.717, 1.165) is 83.5 Å². The molecule has 0 fully saturated rings. The smallest absolute Gasteiger partial charge is 0.306 e. The van der Waals surface area contributed by atoms with Crippen molar-refractivity contribution in [3.63, 3.8) is 0 Å². The van der Waals surface area contributed by atoms with Gasteiger partial charge in [0.2, 0.25) is 0 Å². The Kier molecular flexibility index (Phi) is 51.3. The number of unbranched alkanes of at least 4 members (excludes halogenated alkanes) is 29. The first kappa shape index (κ1) is 62.1. The van der Waals surface area contributed by atoms with E-state index >= 15 is 0 Å². The molecule has 0 aromatic rings. The normalized spacial score (nSPS) is 12.5. The van der Waals surface area contributed by atoms with E-state index in [1.54, 1.807) is 0 Å². The molecular weight excluding hydrogens is 805 g/mol. The van der Waals surface area contributed by atoms with Gasteiger partial charge in [0.25, 0.3) is 0 Å². The molecule has 1 atom stereocenters. The Labute approximate surface area is 402 Å². The summed E-state index contributed by atoms with van der Waals surface area (Å²) in [6, 6.07) is 0. The number of rotatable bonds is 50. The minimum atomic E-state index is -0.794. The second-order valence-electron chi connectivity index (χ2n) is 18.5. The average molecular weight is 909 g/mol. The van der Waals surface area contributed by atoms with Crippen LogP contribution in [0.2, 0.25) is 0 Å². The van der Waals surface area contributed by atoms with Crippen LogP contribution in [-0.2, 0) is 28.6 Å². The zero-order valence-corrected chi connectivity index (χ0v) is 43.0. The summed E-state index contributed by atoms with van der Waals surface area (Å²) in [6.45, 7) is 6.56. The van der Waals surface area contributed by atoms with E-state index in [2.05, 4.69) is 81.5 Å². The second kappa shape index (κ2) is 53.7. The summed E-state index contributed by atoms with van der Waals surface area (Å²) < 4.78 is 16.8. The lowest BCUT2D eigenvalue weighted by atomic mass is 10.1. The Bertz CT molecular complexity index is 1180. The third-order valence-corrected chi connectivity index (χ3v) is 12.0. The largest absolute Gasteiger partial charge is 0.462 e. The summed E-state index contributed by atoms with van der Waals surface area (Å²) in [7, 11) is 0. The van der Waals surface area contributed by atoms with E-state index in [1.165, 1.54) is 154 Å². The van der Waals surface area contributed by atoms with E-state index in [4.69, 9.17) is 14.2 Å². The highest BCUT2D eigenvalue weighted by atomic mass is 16.6. The molecule has 376 valence electrons. The van der Waals surface area contributed by atoms with E-state index in [0.29, 0.717) is 19.3 Å². The monoisotopic (exact) mass is 909 g/mol. The quantitative estimate of drug-likeness (QED) is 0.0262. The van der Waals surface area contributed by atoms with Crippen molar-refractivity contribution in [1.82, 2.24) is 0 Å². The standard InChI is InChI=1S/C59H104O6/c1-4-7-10-13-16-19-22-25-27-28-29-30-32-35-37-40-43-46-49-52-58(61)64-55-56(65-59(62)53-50-47-44-41-38-33-24-21-18-15-12-9-6-3)54-63-57(60)51-48-45-42-39-36-34-31-26-23-20-17-14-11-8-5-2/h17,20-21,24-27,31,36,39,56H,4-16,18-19,22-23,28-30,32-35,37-38,40-55H2,1-3H3/b20-17-,24-21-,27-25-,31-26-,39-36-/t56-/m1/s1. The maximum atomic E-state index is 12.8. The first-order valence-electron chi connectivity index (χ1n) is 27.8. The van der Waals surface area contributed by atoms with Crippen molar-refractivity contribution in [2.75, 3.05) is 13.2 Å². The maximum Gasteiger partial charge on any atom is 0.306 e. The van der Waals surface area contributed by atoms with Gasteiger partial charge in [-0.05, 0) is 109 Å². The number of allylic oxidation sites excluding steroid dienone is 10. The molecule has 0 aliphatic carbocycles. The van der Waals surface area contributed by atoms with Gasteiger partial charge >= 0.3 is 17.9 Å². The van der Waals surface area contributed by atoms with Crippen LogP contribution in [-0.4, -0.2) is 37.2 Å². The molecule has 0 aromatic heterocycles. The molecular formula is C59H104O6. The molecule has 0 unspecified atom stereocenters. The first-order chi connectivity index (χ1) is 32.0. The third kappa shape index (κ3) is 51.9. The maximum absolute atomic E-state index is 12.8. The van der Waals surface area contributed by atoms with Crippen molar-refractivity contribution in [3.8, 4) is 0 Å². The van der Waals surface area contributed by atoms with E-state index in [1.807, 2.05) is 0 Å². The number of hydrogen-bond donors (Lipinski definition) is 0. The summed E-state index contributed by atoms with van der Waals surface area (Å²) in [6.07, 6.45) is 66.4. The average Bonchev–Trinajstić information content (AvgIpc) is 3.30. The number of ether oxygens (including phenoxy) is 3. The fourth-order valence-electron chi connectivity index (χ4n) is 7.73. The van der Waals surface area contributed by atoms with Crippen molar-refractivity contribution in [1.29, 1.82) is 0 Å². The lowest BCUT2D eigenvalue weighted by molar-refractivity contribution is -0.167. The van der Waals surface area contributed by atoms with Gasteiger partial charge in [0.1, 0.15) is 13.2 Å². The van der Waals surface area contributed by atoms with Crippen LogP contribution < -0.4 is 0 Å². The van der Waals surface area contributed by atoms with Crippen molar-refractivity contribution in [2.24, 2.45) is 0 Å². The molecule has 65 heavy (non-hydrogen) atoms. The molecule has 0 bridgehead atoms. The van der Waals surface area contributed by atoms with Crippen molar-refractivity contribution >= 4 is 17.9 Å². The van der Waals surface area contributed by atoms with Gasteiger partial charge in [-0.3, -0.25) is 14.4 Å². The van der Waals surface area contributed by atoms with Gasteiger partial charge in [-0.25, -0.2) is 0 Å². The van der Waals surface area contributed by atoms with Crippen LogP contribution in [0.4, 0.5) is 0 Å². The Morgan fingerprint density at radius 2 is 0.554 bits per heavy atom. The van der Waals surface area contributed by atoms with Crippen LogP contribution in [0.15, 0.2) is 60.8 Å². The van der Waals surface area contributed by atoms with Gasteiger partial charge in [-0.15, -0.1) is 0 Å². The summed E-state index contributed by atoms with van der Waals surface area (Å²) in [5.41, 5.74) is 0. The van der Waals surface area contributed by atoms with Crippen molar-refractivity contribution < 1.29 is 28.6 Å². The molecule has 0 radical (unpaired) electrons. The molecule has 0 aliphatic heterocycles. The second-order valence-corrected chi connectivity index (χ2v) is 18.5. The first-order valence-corrected chi connectivity index (χ1v) is 27.8. The van der Waals surface area contributed by atoms with E-state index < -0.39 is 6.10 Å². The van der Waals surface area contributed by atoms with E-state index in [9.17, 15) is 14.4 Å². The van der Waals surface area contributed by atoms with Gasteiger partial charge in [0.15, 0.2) is 6.10 Å². The predicted molar refractivity (Wildman–Crippen MR) is 279 cm³/mol. The van der Waals surface area contributed by atoms with Gasteiger partial charge in [0.05, 0.1) is 0 Å². The van der Waals surface area contributed by atoms with Gasteiger partial charge < -0.3 is 14.2 Å². The molecule has 6 heteroatoms. The minimum Gasteiger partial charge on any atom is -0.462 e. The third-order valence-electron chi connectivity index (χ3n) is 12.0. The van der Waals surface area contributed by atoms with Crippen LogP contribution in [0.1, 0.15) is 278 Å². The molecule has 0 N–H and O–H groups in total. The Morgan fingerprint density at radius 3 is 0.954 bits per heavy atom. The summed E-state index contributed by atoms with van der Waals surface area (Å²) >= 11 is 0. The zero-order valence-electron chi connectivity index (χ0n) is 43.0. The van der Waals surface area contributed by atoms with Gasteiger partial charge in [-0.2, -0.15) is 0 Å². The molecule has 0 aliphatic rings. The zero-order chi connectivity index (χ0) is 47.2. The van der Waals surface area contributed by atoms with Crippen LogP contribution in [0.5, 0.6) is 0 Å². The van der Waals surface area contributed by atoms with Gasteiger partial charge in [-0.1, -0.05) is 210 Å². The summed E-state index contributed by atoms with van der Waals surface area (Å²) in [5, 5.41) is 0. The van der Waals surface area contributed by atoms with Crippen LogP contribution in [0.25, 0.3) is 0 Å². The van der Waals surface area contributed by atoms with Crippen molar-refractivity contribution in [3.05, 3.63) is 60.8 Å². The van der Waals surface area contributed by atoms with Crippen LogP contribution in [0.3, 0.4) is 0 Å². The highest BCUT2D eigenvalue weighted by Gasteiger charge is 2.19. The molecule has 0 heterocycles. The SMILES string of the molecule is CCCCC/C=C\C/C=C\C/C=C\CCCCC(=O)OC[C@H](COC(=O)CCCCCCCCCCC/C=C\CCCCCCCC)OC(=O)CCCCCCC/C=C\CCCCCC. The molecule has 0 spiro atoms. The molecule has 0 amide bonds. The predicted octanol–water partition coefficient (Wildman–Crippen LogP) is 18.4.